The Morgan fingerprint density at radius 1 is 0.875 bits per heavy atom. The molecule has 0 unspecified atom stereocenters. The summed E-state index contributed by atoms with van der Waals surface area (Å²) in [7, 11) is 0. The van der Waals surface area contributed by atoms with Gasteiger partial charge in [0.25, 0.3) is 0 Å². The molecule has 8 nitrogen and oxygen atoms in total. The van der Waals surface area contributed by atoms with Crippen molar-refractivity contribution in [3.8, 4) is 34.0 Å². The molecule has 0 aliphatic carbocycles. The van der Waals surface area contributed by atoms with E-state index in [4.69, 9.17) is 15.7 Å². The van der Waals surface area contributed by atoms with Crippen molar-refractivity contribution in [2.75, 3.05) is 5.73 Å². The number of halogens is 1. The van der Waals surface area contributed by atoms with Crippen LogP contribution < -0.4 is 5.73 Å². The number of hydrogen-bond acceptors (Lipinski definition) is 6. The molecule has 6 aromatic rings. The summed E-state index contributed by atoms with van der Waals surface area (Å²) in [5.41, 5.74) is 12.0. The predicted octanol–water partition coefficient (Wildman–Crippen LogP) is 4.35. The molecule has 9 heteroatoms. The zero-order chi connectivity index (χ0) is 21.7. The summed E-state index contributed by atoms with van der Waals surface area (Å²) in [5, 5.41) is 7.41. The summed E-state index contributed by atoms with van der Waals surface area (Å²) >= 11 is 0. The van der Waals surface area contributed by atoms with Gasteiger partial charge in [0.1, 0.15) is 22.5 Å². The van der Waals surface area contributed by atoms with E-state index in [1.807, 2.05) is 18.2 Å². The quantitative estimate of drug-likeness (QED) is 0.390. The lowest BCUT2D eigenvalue weighted by molar-refractivity contribution is 0.631. The second kappa shape index (κ2) is 6.95. The van der Waals surface area contributed by atoms with Crippen LogP contribution in [-0.4, -0.2) is 35.1 Å². The molecule has 0 fully saturated rings. The number of nitrogen functional groups attached to an aromatic ring is 1. The van der Waals surface area contributed by atoms with Crippen molar-refractivity contribution in [2.24, 2.45) is 0 Å². The molecule has 32 heavy (non-hydrogen) atoms. The zero-order valence-corrected chi connectivity index (χ0v) is 16.5. The van der Waals surface area contributed by atoms with Crippen LogP contribution in [0.1, 0.15) is 0 Å². The summed E-state index contributed by atoms with van der Waals surface area (Å²) in [6, 6.07) is 13.9. The lowest BCUT2D eigenvalue weighted by Gasteiger charge is -2.02. The Hall–Kier alpha value is -4.66. The maximum atomic E-state index is 14.4. The van der Waals surface area contributed by atoms with E-state index in [1.54, 1.807) is 42.9 Å². The second-order valence-corrected chi connectivity index (χ2v) is 7.29. The van der Waals surface area contributed by atoms with Gasteiger partial charge in [-0.05, 0) is 36.4 Å². The number of H-pyrrole nitrogens is 2. The van der Waals surface area contributed by atoms with E-state index in [9.17, 15) is 4.39 Å². The largest absolute Gasteiger partial charge is 0.397 e. The molecule has 0 atom stereocenters. The number of nitrogens with one attached hydrogen (secondary N) is 2. The number of aromatic amines is 2. The molecular weight excluding hydrogens is 407 g/mol. The van der Waals surface area contributed by atoms with Crippen molar-refractivity contribution in [3.63, 3.8) is 0 Å². The SMILES string of the molecule is Nc1cncc(-c2ccc3[nH]nc(-c4nc5c(-c6ccccc6F)nccc5[nH]4)c3n2)c1. The van der Waals surface area contributed by atoms with Crippen molar-refractivity contribution in [1.29, 1.82) is 0 Å². The van der Waals surface area contributed by atoms with Gasteiger partial charge in [-0.2, -0.15) is 5.10 Å². The first-order valence-corrected chi connectivity index (χ1v) is 9.83. The Labute approximate surface area is 180 Å². The number of aromatic nitrogens is 7. The van der Waals surface area contributed by atoms with Crippen LogP contribution in [-0.2, 0) is 0 Å². The molecule has 0 radical (unpaired) electrons. The van der Waals surface area contributed by atoms with Gasteiger partial charge in [-0.1, -0.05) is 12.1 Å². The highest BCUT2D eigenvalue weighted by molar-refractivity contribution is 5.95. The number of rotatable bonds is 3. The number of fused-ring (bicyclic) bond motifs is 2. The van der Waals surface area contributed by atoms with Gasteiger partial charge in [-0.25, -0.2) is 14.4 Å². The van der Waals surface area contributed by atoms with Crippen LogP contribution in [0.15, 0.2) is 67.1 Å². The van der Waals surface area contributed by atoms with Gasteiger partial charge in [0.2, 0.25) is 0 Å². The Kier molecular flexibility index (Phi) is 3.94. The fourth-order valence-electron chi connectivity index (χ4n) is 3.72. The minimum Gasteiger partial charge on any atom is -0.397 e. The molecule has 0 aliphatic heterocycles. The Morgan fingerprint density at radius 3 is 2.62 bits per heavy atom. The van der Waals surface area contributed by atoms with E-state index in [1.165, 1.54) is 6.07 Å². The fraction of sp³-hybridized carbons (Fsp3) is 0. The van der Waals surface area contributed by atoms with E-state index < -0.39 is 0 Å². The lowest BCUT2D eigenvalue weighted by atomic mass is 10.1. The first-order valence-electron chi connectivity index (χ1n) is 9.83. The molecule has 0 amide bonds. The summed E-state index contributed by atoms with van der Waals surface area (Å²) in [6.07, 6.45) is 4.91. The average molecular weight is 422 g/mol. The number of nitrogens with two attached hydrogens (primary N) is 1. The zero-order valence-electron chi connectivity index (χ0n) is 16.5. The third kappa shape index (κ3) is 2.87. The van der Waals surface area contributed by atoms with Crippen LogP contribution in [0, 0.1) is 5.82 Å². The van der Waals surface area contributed by atoms with Crippen LogP contribution in [0.25, 0.3) is 56.1 Å². The summed E-state index contributed by atoms with van der Waals surface area (Å²) in [4.78, 5) is 21.2. The minimum absolute atomic E-state index is 0.357. The van der Waals surface area contributed by atoms with Crippen molar-refractivity contribution >= 4 is 27.8 Å². The molecule has 4 N–H and O–H groups in total. The van der Waals surface area contributed by atoms with E-state index in [-0.39, 0.29) is 5.82 Å². The van der Waals surface area contributed by atoms with Crippen LogP contribution in [0.2, 0.25) is 0 Å². The Bertz CT molecular complexity index is 1620. The molecule has 5 heterocycles. The molecule has 0 saturated carbocycles. The van der Waals surface area contributed by atoms with Crippen molar-refractivity contribution in [2.45, 2.75) is 0 Å². The van der Waals surface area contributed by atoms with Crippen molar-refractivity contribution in [1.82, 2.24) is 35.1 Å². The van der Waals surface area contributed by atoms with Gasteiger partial charge in [-0.3, -0.25) is 15.1 Å². The number of imidazole rings is 1. The number of pyridine rings is 3. The summed E-state index contributed by atoms with van der Waals surface area (Å²) in [6.45, 7) is 0. The van der Waals surface area contributed by atoms with Gasteiger partial charge in [-0.15, -0.1) is 0 Å². The monoisotopic (exact) mass is 422 g/mol. The van der Waals surface area contributed by atoms with E-state index >= 15 is 0 Å². The van der Waals surface area contributed by atoms with Crippen LogP contribution >= 0.6 is 0 Å². The van der Waals surface area contributed by atoms with Gasteiger partial charge < -0.3 is 10.7 Å². The third-order valence-electron chi connectivity index (χ3n) is 5.22. The lowest BCUT2D eigenvalue weighted by Crippen LogP contribution is -1.90. The number of benzene rings is 1. The highest BCUT2D eigenvalue weighted by Gasteiger charge is 2.18. The highest BCUT2D eigenvalue weighted by atomic mass is 19.1. The number of hydrogen-bond donors (Lipinski definition) is 3. The second-order valence-electron chi connectivity index (χ2n) is 7.29. The van der Waals surface area contributed by atoms with Gasteiger partial charge >= 0.3 is 0 Å². The normalized spacial score (nSPS) is 11.4. The maximum absolute atomic E-state index is 14.4. The van der Waals surface area contributed by atoms with Gasteiger partial charge in [0.15, 0.2) is 11.5 Å². The fourth-order valence-corrected chi connectivity index (χ4v) is 3.72. The molecule has 0 bridgehead atoms. The smallest absolute Gasteiger partial charge is 0.161 e. The first-order chi connectivity index (χ1) is 15.7. The molecule has 5 aromatic heterocycles. The highest BCUT2D eigenvalue weighted by Crippen LogP contribution is 2.31. The van der Waals surface area contributed by atoms with E-state index in [0.717, 1.165) is 16.6 Å². The van der Waals surface area contributed by atoms with Gasteiger partial charge in [0, 0.05) is 29.7 Å². The number of nitrogens with zero attached hydrogens (tertiary/aromatic N) is 5. The Balaban J connectivity index is 1.52. The van der Waals surface area contributed by atoms with Gasteiger partial charge in [0.05, 0.1) is 22.4 Å². The van der Waals surface area contributed by atoms with Crippen LogP contribution in [0.3, 0.4) is 0 Å². The molecular formula is C23H15FN8. The molecule has 0 saturated heterocycles. The van der Waals surface area contributed by atoms with E-state index in [0.29, 0.717) is 45.2 Å². The Morgan fingerprint density at radius 2 is 1.75 bits per heavy atom. The van der Waals surface area contributed by atoms with E-state index in [2.05, 4.69) is 25.1 Å². The molecule has 0 aliphatic rings. The summed E-state index contributed by atoms with van der Waals surface area (Å²) in [5.74, 6) is 0.150. The number of anilines is 1. The molecule has 6 rings (SSSR count). The predicted molar refractivity (Wildman–Crippen MR) is 120 cm³/mol. The molecule has 154 valence electrons. The summed E-state index contributed by atoms with van der Waals surface area (Å²) < 4.78 is 14.4. The molecule has 1 aromatic carbocycles. The minimum atomic E-state index is -0.357. The standard InChI is InChI=1S/C23H15FN8/c24-15-4-2-1-3-14(15)19-20-17(7-8-27-19)29-23(30-20)22-21-18(31-32-22)6-5-16(28-21)12-9-13(25)11-26-10-12/h1-11H,25H2,(H,29,30)(H,31,32). The van der Waals surface area contributed by atoms with Crippen molar-refractivity contribution < 1.29 is 4.39 Å². The maximum Gasteiger partial charge on any atom is 0.161 e. The molecule has 0 spiro atoms. The first kappa shape index (κ1) is 18.1. The third-order valence-corrected chi connectivity index (χ3v) is 5.22. The van der Waals surface area contributed by atoms with Crippen LogP contribution in [0.4, 0.5) is 10.1 Å². The average Bonchev–Trinajstić information content (AvgIpc) is 3.43. The van der Waals surface area contributed by atoms with Crippen LogP contribution in [0.5, 0.6) is 0 Å². The van der Waals surface area contributed by atoms with Crippen molar-refractivity contribution in [3.05, 3.63) is 72.9 Å². The topological polar surface area (TPSA) is 122 Å².